The van der Waals surface area contributed by atoms with Gasteiger partial charge < -0.3 is 5.32 Å². The second-order valence-electron chi connectivity index (χ2n) is 3.83. The molecule has 1 aromatic carbocycles. The van der Waals surface area contributed by atoms with Crippen molar-refractivity contribution in [3.63, 3.8) is 0 Å². The predicted molar refractivity (Wildman–Crippen MR) is 62.5 cm³/mol. The third kappa shape index (κ3) is 3.15. The van der Waals surface area contributed by atoms with Gasteiger partial charge in [-0.1, -0.05) is 43.7 Å². The molecule has 0 bridgehead atoms. The van der Waals surface area contributed by atoms with Crippen molar-refractivity contribution in [1.82, 2.24) is 5.32 Å². The van der Waals surface area contributed by atoms with Gasteiger partial charge in [0.2, 0.25) is 0 Å². The van der Waals surface area contributed by atoms with Crippen LogP contribution in [0.1, 0.15) is 43.9 Å². The predicted octanol–water partition coefficient (Wildman–Crippen LogP) is 3.45. The van der Waals surface area contributed by atoms with Gasteiger partial charge in [-0.2, -0.15) is 0 Å². The summed E-state index contributed by atoms with van der Waals surface area (Å²) in [6.45, 7) is 7.69. The third-order valence-electron chi connectivity index (χ3n) is 2.49. The SMILES string of the molecule is CCCNC(CC)c1cccc(C)c1. The highest BCUT2D eigenvalue weighted by Gasteiger charge is 2.06. The van der Waals surface area contributed by atoms with Gasteiger partial charge in [0, 0.05) is 6.04 Å². The first-order chi connectivity index (χ1) is 6.77. The molecule has 0 aliphatic rings. The first-order valence-corrected chi connectivity index (χ1v) is 5.57. The van der Waals surface area contributed by atoms with Crippen LogP contribution >= 0.6 is 0 Å². The lowest BCUT2D eigenvalue weighted by Crippen LogP contribution is -2.21. The van der Waals surface area contributed by atoms with Crippen LogP contribution in [0.2, 0.25) is 0 Å². The van der Waals surface area contributed by atoms with Gasteiger partial charge >= 0.3 is 0 Å². The highest BCUT2D eigenvalue weighted by molar-refractivity contribution is 5.24. The molecule has 0 aliphatic heterocycles. The van der Waals surface area contributed by atoms with E-state index in [1.54, 1.807) is 0 Å². The summed E-state index contributed by atoms with van der Waals surface area (Å²) in [6.07, 6.45) is 2.35. The Bertz CT molecular complexity index is 268. The molecule has 0 saturated heterocycles. The Balaban J connectivity index is 2.68. The van der Waals surface area contributed by atoms with Crippen LogP contribution in [0, 0.1) is 6.92 Å². The molecule has 1 rings (SSSR count). The van der Waals surface area contributed by atoms with Crippen LogP contribution < -0.4 is 5.32 Å². The molecule has 1 N–H and O–H groups in total. The molecule has 1 atom stereocenters. The van der Waals surface area contributed by atoms with Crippen LogP contribution in [0.25, 0.3) is 0 Å². The van der Waals surface area contributed by atoms with Crippen molar-refractivity contribution in [3.05, 3.63) is 35.4 Å². The van der Waals surface area contributed by atoms with Crippen molar-refractivity contribution in [2.75, 3.05) is 6.54 Å². The minimum Gasteiger partial charge on any atom is -0.310 e. The van der Waals surface area contributed by atoms with Crippen LogP contribution in [0.4, 0.5) is 0 Å². The molecule has 0 saturated carbocycles. The van der Waals surface area contributed by atoms with Crippen LogP contribution in [0.15, 0.2) is 24.3 Å². The van der Waals surface area contributed by atoms with Crippen LogP contribution in [0.5, 0.6) is 0 Å². The number of benzene rings is 1. The maximum atomic E-state index is 3.56. The second kappa shape index (κ2) is 5.82. The normalized spacial score (nSPS) is 12.8. The van der Waals surface area contributed by atoms with Gasteiger partial charge in [-0.05, 0) is 31.9 Å². The Morgan fingerprint density at radius 1 is 1.29 bits per heavy atom. The summed E-state index contributed by atoms with van der Waals surface area (Å²) >= 11 is 0. The lowest BCUT2D eigenvalue weighted by Gasteiger charge is -2.17. The average Bonchev–Trinajstić information content (AvgIpc) is 2.19. The van der Waals surface area contributed by atoms with Gasteiger partial charge in [0.05, 0.1) is 0 Å². The van der Waals surface area contributed by atoms with Gasteiger partial charge in [0.25, 0.3) is 0 Å². The van der Waals surface area contributed by atoms with E-state index in [1.807, 2.05) is 0 Å². The smallest absolute Gasteiger partial charge is 0.0317 e. The van der Waals surface area contributed by atoms with Crippen molar-refractivity contribution in [2.45, 2.75) is 39.7 Å². The fourth-order valence-corrected chi connectivity index (χ4v) is 1.70. The first kappa shape index (κ1) is 11.3. The van der Waals surface area contributed by atoms with Gasteiger partial charge in [0.15, 0.2) is 0 Å². The number of rotatable bonds is 5. The van der Waals surface area contributed by atoms with Crippen LogP contribution in [-0.2, 0) is 0 Å². The standard InChI is InChI=1S/C13H21N/c1-4-9-14-13(5-2)12-8-6-7-11(3)10-12/h6-8,10,13-14H,4-5,9H2,1-3H3. The molecule has 0 amide bonds. The number of hydrogen-bond donors (Lipinski definition) is 1. The fraction of sp³-hybridized carbons (Fsp3) is 0.538. The molecule has 1 unspecified atom stereocenters. The van der Waals surface area contributed by atoms with E-state index in [1.165, 1.54) is 17.5 Å². The van der Waals surface area contributed by atoms with Crippen molar-refractivity contribution in [1.29, 1.82) is 0 Å². The lowest BCUT2D eigenvalue weighted by atomic mass is 10.0. The van der Waals surface area contributed by atoms with Gasteiger partial charge in [0.1, 0.15) is 0 Å². The van der Waals surface area contributed by atoms with Crippen molar-refractivity contribution in [3.8, 4) is 0 Å². The minimum atomic E-state index is 0.523. The van der Waals surface area contributed by atoms with Crippen LogP contribution in [0.3, 0.4) is 0 Å². The molecule has 0 spiro atoms. The Hall–Kier alpha value is -0.820. The molecule has 1 nitrogen and oxygen atoms in total. The largest absolute Gasteiger partial charge is 0.310 e. The molecule has 14 heavy (non-hydrogen) atoms. The van der Waals surface area contributed by atoms with E-state index in [-0.39, 0.29) is 0 Å². The molecule has 0 fully saturated rings. The molecule has 0 heterocycles. The summed E-state index contributed by atoms with van der Waals surface area (Å²) < 4.78 is 0. The Kier molecular flexibility index (Phi) is 4.68. The molecule has 0 radical (unpaired) electrons. The molecule has 1 heteroatoms. The highest BCUT2D eigenvalue weighted by atomic mass is 14.9. The zero-order chi connectivity index (χ0) is 10.4. The van der Waals surface area contributed by atoms with Gasteiger partial charge in [-0.3, -0.25) is 0 Å². The van der Waals surface area contributed by atoms with E-state index in [0.717, 1.165) is 13.0 Å². The van der Waals surface area contributed by atoms with E-state index in [4.69, 9.17) is 0 Å². The highest BCUT2D eigenvalue weighted by Crippen LogP contribution is 2.17. The van der Waals surface area contributed by atoms with Gasteiger partial charge in [-0.25, -0.2) is 0 Å². The number of aryl methyl sites for hydroxylation is 1. The molecule has 1 aromatic rings. The first-order valence-electron chi connectivity index (χ1n) is 5.57. The monoisotopic (exact) mass is 191 g/mol. The Morgan fingerprint density at radius 3 is 2.64 bits per heavy atom. The number of hydrogen-bond acceptors (Lipinski definition) is 1. The zero-order valence-corrected chi connectivity index (χ0v) is 9.51. The minimum absolute atomic E-state index is 0.523. The quantitative estimate of drug-likeness (QED) is 0.751. The van der Waals surface area contributed by atoms with Gasteiger partial charge in [-0.15, -0.1) is 0 Å². The summed E-state index contributed by atoms with van der Waals surface area (Å²) in [5.41, 5.74) is 2.76. The molecule has 0 aliphatic carbocycles. The summed E-state index contributed by atoms with van der Waals surface area (Å²) in [6, 6.07) is 9.30. The van der Waals surface area contributed by atoms with Crippen molar-refractivity contribution < 1.29 is 0 Å². The van der Waals surface area contributed by atoms with E-state index in [2.05, 4.69) is 50.4 Å². The van der Waals surface area contributed by atoms with E-state index >= 15 is 0 Å². The zero-order valence-electron chi connectivity index (χ0n) is 9.51. The molecular formula is C13H21N. The second-order valence-corrected chi connectivity index (χ2v) is 3.83. The maximum Gasteiger partial charge on any atom is 0.0317 e. The average molecular weight is 191 g/mol. The summed E-state index contributed by atoms with van der Waals surface area (Å²) in [5, 5.41) is 3.56. The lowest BCUT2D eigenvalue weighted by molar-refractivity contribution is 0.518. The third-order valence-corrected chi connectivity index (χ3v) is 2.49. The fourth-order valence-electron chi connectivity index (χ4n) is 1.70. The number of nitrogens with one attached hydrogen (secondary N) is 1. The molecule has 0 aromatic heterocycles. The topological polar surface area (TPSA) is 12.0 Å². The van der Waals surface area contributed by atoms with E-state index in [9.17, 15) is 0 Å². The Morgan fingerprint density at radius 2 is 2.07 bits per heavy atom. The molecular weight excluding hydrogens is 170 g/mol. The molecule has 78 valence electrons. The van der Waals surface area contributed by atoms with E-state index in [0.29, 0.717) is 6.04 Å². The van der Waals surface area contributed by atoms with Crippen molar-refractivity contribution >= 4 is 0 Å². The summed E-state index contributed by atoms with van der Waals surface area (Å²) in [4.78, 5) is 0. The van der Waals surface area contributed by atoms with E-state index < -0.39 is 0 Å². The maximum absolute atomic E-state index is 3.56. The summed E-state index contributed by atoms with van der Waals surface area (Å²) in [7, 11) is 0. The van der Waals surface area contributed by atoms with Crippen LogP contribution in [-0.4, -0.2) is 6.54 Å². The summed E-state index contributed by atoms with van der Waals surface area (Å²) in [5.74, 6) is 0. The van der Waals surface area contributed by atoms with Crippen molar-refractivity contribution in [2.24, 2.45) is 0 Å². The Labute approximate surface area is 87.5 Å².